The van der Waals surface area contributed by atoms with Crippen LogP contribution in [0, 0.1) is 0 Å². The minimum atomic E-state index is -0.916. The van der Waals surface area contributed by atoms with Crippen molar-refractivity contribution < 1.29 is 29.1 Å². The lowest BCUT2D eigenvalue weighted by molar-refractivity contribution is 0.590. The lowest BCUT2D eigenvalue weighted by Crippen LogP contribution is -2.61. The molecule has 0 unspecified atom stereocenters. The normalized spacial score (nSPS) is 15.6. The second kappa shape index (κ2) is 22.8. The van der Waals surface area contributed by atoms with Crippen molar-refractivity contribution in [3.63, 3.8) is 0 Å². The number of hydrogen-bond acceptors (Lipinski definition) is 3. The Morgan fingerprint density at radius 1 is 0.304 bits per heavy atom. The SMILES string of the molecule is [2H]c1c([2H])c([2H])c(-c2ccc3c(c2)N(c2c(-c4ccccc4)cc(C(C)(C)C)cc2-c2ccccc2)c2cc(-n4c5c([2H])c([2H])c([2H])c([2H])c5c5c([2H])c([2H])c([2H])c([2H])c54)cc4c2B3c2ccc(-c3c([2H])c([2H])c([2H])c([2H])c3[2H])cc2N4c2cccc3c2oc2c(-n4c5ccc(C(C)(C)C)cc5c5cc(C(C)(C)C)ccc54)cccc23)c([2H])c1[2H]. The highest BCUT2D eigenvalue weighted by atomic mass is 16.3. The molecule has 2 aliphatic heterocycles. The van der Waals surface area contributed by atoms with Gasteiger partial charge in [-0.2, -0.15) is 0 Å². The van der Waals surface area contributed by atoms with Crippen molar-refractivity contribution in [2.24, 2.45) is 0 Å². The molecular weight excluding hydrogens is 1240 g/mol. The van der Waals surface area contributed by atoms with Gasteiger partial charge in [0.25, 0.3) is 6.71 Å². The maximum absolute atomic E-state index is 10.1. The lowest BCUT2D eigenvalue weighted by Gasteiger charge is -2.45. The van der Waals surface area contributed by atoms with Gasteiger partial charge in [-0.05, 0) is 168 Å². The number of furan rings is 1. The maximum Gasteiger partial charge on any atom is 0.252 e. The number of fused-ring (bicyclic) bond motifs is 13. The van der Waals surface area contributed by atoms with Gasteiger partial charge in [0.2, 0.25) is 0 Å². The summed E-state index contributed by atoms with van der Waals surface area (Å²) < 4.78 is 182. The summed E-state index contributed by atoms with van der Waals surface area (Å²) in [7, 11) is 0. The highest BCUT2D eigenvalue weighted by Crippen LogP contribution is 2.54. The molecule has 0 saturated heterocycles. The van der Waals surface area contributed by atoms with Gasteiger partial charge in [-0.3, -0.25) is 0 Å². The highest BCUT2D eigenvalue weighted by Gasteiger charge is 2.46. The number of nitrogens with zero attached hydrogens (tertiary/aromatic N) is 4. The van der Waals surface area contributed by atoms with Crippen molar-refractivity contribution in [2.75, 3.05) is 9.80 Å². The monoisotopic (exact) mass is 1330 g/mol. The Balaban J connectivity index is 1.03. The Kier molecular flexibility index (Phi) is 10.1. The second-order valence-electron chi connectivity index (χ2n) is 29.9. The van der Waals surface area contributed by atoms with E-state index >= 15 is 0 Å². The van der Waals surface area contributed by atoms with Crippen LogP contribution in [0.3, 0.4) is 0 Å². The van der Waals surface area contributed by atoms with Gasteiger partial charge in [0.15, 0.2) is 11.2 Å². The molecule has 5 nitrogen and oxygen atoms in total. The molecule has 102 heavy (non-hydrogen) atoms. The van der Waals surface area contributed by atoms with Crippen molar-refractivity contribution in [3.8, 4) is 55.9 Å². The molecule has 0 bridgehead atoms. The van der Waals surface area contributed by atoms with Gasteiger partial charge in [-0.25, -0.2) is 0 Å². The smallest absolute Gasteiger partial charge is 0.252 e. The fourth-order valence-corrected chi connectivity index (χ4v) is 15.7. The minimum absolute atomic E-state index is 0.0877. The molecule has 490 valence electrons. The molecule has 0 aliphatic carbocycles. The Morgan fingerprint density at radius 3 is 1.25 bits per heavy atom. The number of rotatable bonds is 8. The maximum atomic E-state index is 10.1. The van der Waals surface area contributed by atoms with Crippen LogP contribution >= 0.6 is 0 Å². The van der Waals surface area contributed by atoms with Gasteiger partial charge in [-0.1, -0.05) is 280 Å². The van der Waals surface area contributed by atoms with E-state index in [0.717, 1.165) is 71.8 Å². The van der Waals surface area contributed by atoms with Gasteiger partial charge >= 0.3 is 0 Å². The van der Waals surface area contributed by atoms with Crippen LogP contribution in [-0.2, 0) is 16.2 Å². The quantitative estimate of drug-likeness (QED) is 0.142. The summed E-state index contributed by atoms with van der Waals surface area (Å²) in [4.78, 5) is 4.13. The number of hydrogen-bond donors (Lipinski definition) is 0. The summed E-state index contributed by atoms with van der Waals surface area (Å²) in [5.74, 6) is 0. The van der Waals surface area contributed by atoms with Crippen LogP contribution in [0.1, 0.15) is 104 Å². The third-order valence-electron chi connectivity index (χ3n) is 20.8. The zero-order valence-electron chi connectivity index (χ0n) is 75.7. The van der Waals surface area contributed by atoms with Crippen molar-refractivity contribution in [1.29, 1.82) is 0 Å². The van der Waals surface area contributed by atoms with Crippen LogP contribution < -0.4 is 26.2 Å². The summed E-state index contributed by atoms with van der Waals surface area (Å²) in [6.45, 7) is 18.7. The molecular formula is C96H77BN4O. The number of aromatic nitrogens is 2. The van der Waals surface area contributed by atoms with Crippen LogP contribution in [0.2, 0.25) is 0 Å². The first-order valence-electron chi connectivity index (χ1n) is 43.5. The van der Waals surface area contributed by atoms with E-state index in [1.54, 1.807) is 18.2 Å². The van der Waals surface area contributed by atoms with Crippen LogP contribution in [-0.4, -0.2) is 15.8 Å². The van der Waals surface area contributed by atoms with Gasteiger partial charge in [-0.15, -0.1) is 0 Å². The summed E-state index contributed by atoms with van der Waals surface area (Å²) >= 11 is 0. The van der Waals surface area contributed by atoms with Gasteiger partial charge in [0, 0.05) is 66.2 Å². The Labute approximate surface area is 622 Å². The van der Waals surface area contributed by atoms with E-state index in [2.05, 4.69) is 126 Å². The van der Waals surface area contributed by atoms with E-state index in [9.17, 15) is 16.4 Å². The van der Waals surface area contributed by atoms with Gasteiger partial charge in [0.1, 0.15) is 0 Å². The molecule has 14 aromatic carbocycles. The zero-order valence-corrected chi connectivity index (χ0v) is 57.7. The van der Waals surface area contributed by atoms with Crippen molar-refractivity contribution >= 4 is 123 Å². The molecule has 0 fully saturated rings. The Bertz CT molecular complexity index is 7150. The minimum Gasteiger partial charge on any atom is -0.452 e. The van der Waals surface area contributed by atoms with Gasteiger partial charge in [0.05, 0.1) is 69.5 Å². The molecule has 0 atom stereocenters. The molecule has 6 heteroatoms. The first-order chi connectivity index (χ1) is 57.0. The molecule has 5 heterocycles. The fraction of sp³-hybridized carbons (Fsp3) is 0.125. The number of para-hydroxylation sites is 4. The summed E-state index contributed by atoms with van der Waals surface area (Å²) in [5.41, 5.74) is 13.6. The van der Waals surface area contributed by atoms with E-state index < -0.39 is 121 Å². The Hall–Kier alpha value is -11.9. The van der Waals surface area contributed by atoms with E-state index in [1.807, 2.05) is 126 Å². The van der Waals surface area contributed by atoms with Crippen molar-refractivity contribution in [2.45, 2.75) is 78.6 Å². The second-order valence-corrected chi connectivity index (χ2v) is 29.9. The third kappa shape index (κ3) is 9.59. The summed E-state index contributed by atoms with van der Waals surface area (Å²) in [5, 5.41) is 3.21. The summed E-state index contributed by atoms with van der Waals surface area (Å²) in [6.07, 6.45) is 0. The molecule has 19 rings (SSSR count). The molecule has 3 aromatic heterocycles. The molecule has 0 N–H and O–H groups in total. The average Bonchev–Trinajstić information content (AvgIpc) is 0.984. The molecule has 0 radical (unpaired) electrons. The van der Waals surface area contributed by atoms with E-state index in [0.29, 0.717) is 67.1 Å². The molecule has 0 amide bonds. The predicted octanol–water partition coefficient (Wildman–Crippen LogP) is 24.4. The Morgan fingerprint density at radius 2 is 0.755 bits per heavy atom. The molecule has 0 spiro atoms. The zero-order chi connectivity index (χ0) is 84.7. The summed E-state index contributed by atoms with van der Waals surface area (Å²) in [6, 6.07) is 54.0. The average molecular weight is 1330 g/mol. The van der Waals surface area contributed by atoms with Crippen LogP contribution in [0.4, 0.5) is 34.1 Å². The van der Waals surface area contributed by atoms with Crippen LogP contribution in [0.5, 0.6) is 0 Å². The first kappa shape index (κ1) is 45.0. The molecule has 0 saturated carbocycles. The lowest BCUT2D eigenvalue weighted by atomic mass is 9.33. The molecule has 2 aliphatic rings. The molecule has 17 aromatic rings. The van der Waals surface area contributed by atoms with Crippen molar-refractivity contribution in [1.82, 2.24) is 9.13 Å². The first-order valence-corrected chi connectivity index (χ1v) is 34.5. The fourth-order valence-electron chi connectivity index (χ4n) is 15.7. The van der Waals surface area contributed by atoms with Crippen LogP contribution in [0.15, 0.2) is 307 Å². The topological polar surface area (TPSA) is 29.5 Å². The number of anilines is 6. The predicted molar refractivity (Wildman–Crippen MR) is 434 cm³/mol. The van der Waals surface area contributed by atoms with Crippen LogP contribution in [0.25, 0.3) is 121 Å². The largest absolute Gasteiger partial charge is 0.452 e. The van der Waals surface area contributed by atoms with Crippen molar-refractivity contribution in [3.05, 3.63) is 320 Å². The van der Waals surface area contributed by atoms with E-state index in [-0.39, 0.29) is 60.6 Å². The standard InChI is InChI=1S/C96H77BN4O/c1-94(2,3)66-46-50-82-76(54-66)77-55-67(95(4,5)6)47-51-83(77)99(82)84-42-26-38-72-73-39-27-43-85(93(73)102-92(72)84)100-86-52-64(60-28-14-10-15-29-60)44-48-78(86)97-79-49-45-65(61-30-16-11-17-31-61)53-87(79)101(89-59-69(58-88(100)90(89)97)98-80-40-24-22-36-70(80)71-37-23-25-41-81(71)98)91-74(62-32-18-12-19-33-62)56-68(96(7,8)9)57-75(91)63-34-20-13-21-35-63/h10-59H,1-9H3/i10D,11D,14D,15D,16D,17D,22D,23D,24D,25D,28D,29D,30D,31D,36D,37D,40D,41D. The van der Waals surface area contributed by atoms with Gasteiger partial charge < -0.3 is 23.4 Å². The third-order valence-corrected chi connectivity index (χ3v) is 20.8. The highest BCUT2D eigenvalue weighted by molar-refractivity contribution is 7.00. The number of benzene rings is 14. The van der Waals surface area contributed by atoms with E-state index in [1.165, 1.54) is 4.57 Å². The van der Waals surface area contributed by atoms with E-state index in [4.69, 9.17) is 12.6 Å².